The molecule has 1 rings (SSSR count). The lowest BCUT2D eigenvalue weighted by molar-refractivity contribution is 0.376. The molecule has 1 nitrogen and oxygen atoms in total. The van der Waals surface area contributed by atoms with E-state index in [0.29, 0.717) is 13.0 Å². The fraction of sp³-hybridized carbons (Fsp3) is 1.00. The zero-order valence-electron chi connectivity index (χ0n) is 5.40. The first-order valence-electron chi connectivity index (χ1n) is 3.09. The van der Waals surface area contributed by atoms with Gasteiger partial charge in [-0.2, -0.15) is 0 Å². The SMILES string of the molecule is Cl.NCC1(CCF)CC1. The van der Waals surface area contributed by atoms with Crippen LogP contribution in [-0.2, 0) is 0 Å². The van der Waals surface area contributed by atoms with Crippen LogP contribution in [0.25, 0.3) is 0 Å². The Kier molecular flexibility index (Phi) is 3.44. The van der Waals surface area contributed by atoms with Crippen LogP contribution >= 0.6 is 12.4 Å². The first kappa shape index (κ1) is 9.18. The standard InChI is InChI=1S/C6H12FN.ClH/c7-4-3-6(5-8)1-2-6;/h1-5,8H2;1H. The normalized spacial score (nSPS) is 20.7. The summed E-state index contributed by atoms with van der Waals surface area (Å²) in [6.07, 6.45) is 2.98. The van der Waals surface area contributed by atoms with Crippen LogP contribution in [-0.4, -0.2) is 13.2 Å². The fourth-order valence-corrected chi connectivity index (χ4v) is 0.933. The number of rotatable bonds is 3. The molecule has 2 N–H and O–H groups in total. The molecule has 1 saturated carbocycles. The predicted molar refractivity (Wildman–Crippen MR) is 38.6 cm³/mol. The van der Waals surface area contributed by atoms with Crippen LogP contribution in [0.2, 0.25) is 0 Å². The lowest BCUT2D eigenvalue weighted by Gasteiger charge is -2.06. The Hall–Kier alpha value is 0.180. The van der Waals surface area contributed by atoms with Crippen molar-refractivity contribution < 1.29 is 4.39 Å². The van der Waals surface area contributed by atoms with E-state index in [4.69, 9.17) is 5.73 Å². The van der Waals surface area contributed by atoms with Crippen LogP contribution in [0.5, 0.6) is 0 Å². The van der Waals surface area contributed by atoms with Gasteiger partial charge in [-0.25, -0.2) is 0 Å². The van der Waals surface area contributed by atoms with Gasteiger partial charge in [-0.05, 0) is 31.2 Å². The monoisotopic (exact) mass is 153 g/mol. The van der Waals surface area contributed by atoms with E-state index in [9.17, 15) is 4.39 Å². The average molecular weight is 154 g/mol. The summed E-state index contributed by atoms with van der Waals surface area (Å²) in [5, 5.41) is 0. The molecule has 0 unspecified atom stereocenters. The number of nitrogens with two attached hydrogens (primary N) is 1. The molecule has 0 aromatic heterocycles. The average Bonchev–Trinajstić information content (AvgIpc) is 2.50. The summed E-state index contributed by atoms with van der Waals surface area (Å²) in [5.41, 5.74) is 5.63. The second-order valence-electron chi connectivity index (χ2n) is 2.64. The fourth-order valence-electron chi connectivity index (χ4n) is 0.933. The van der Waals surface area contributed by atoms with E-state index < -0.39 is 0 Å². The molecule has 0 aliphatic heterocycles. The third-order valence-corrected chi connectivity index (χ3v) is 2.01. The lowest BCUT2D eigenvalue weighted by Crippen LogP contribution is -2.15. The molecule has 0 bridgehead atoms. The van der Waals surface area contributed by atoms with Crippen LogP contribution in [0.1, 0.15) is 19.3 Å². The molecule has 3 heteroatoms. The van der Waals surface area contributed by atoms with Gasteiger partial charge in [0.05, 0.1) is 6.67 Å². The van der Waals surface area contributed by atoms with E-state index in [2.05, 4.69) is 0 Å². The Balaban J connectivity index is 0.000000640. The summed E-state index contributed by atoms with van der Waals surface area (Å²) >= 11 is 0. The summed E-state index contributed by atoms with van der Waals surface area (Å²) in [4.78, 5) is 0. The topological polar surface area (TPSA) is 26.0 Å². The van der Waals surface area contributed by atoms with E-state index >= 15 is 0 Å². The van der Waals surface area contributed by atoms with E-state index in [1.54, 1.807) is 0 Å². The minimum atomic E-state index is -0.197. The first-order chi connectivity index (χ1) is 3.83. The summed E-state index contributed by atoms with van der Waals surface area (Å²) in [5.74, 6) is 0. The van der Waals surface area contributed by atoms with Gasteiger partial charge in [-0.1, -0.05) is 0 Å². The highest BCUT2D eigenvalue weighted by molar-refractivity contribution is 5.85. The molecule has 0 atom stereocenters. The summed E-state index contributed by atoms with van der Waals surface area (Å²) in [6.45, 7) is 0.480. The molecule has 0 amide bonds. The van der Waals surface area contributed by atoms with Crippen molar-refractivity contribution in [3.05, 3.63) is 0 Å². The Bertz CT molecular complexity index is 83.1. The second kappa shape index (κ2) is 3.37. The van der Waals surface area contributed by atoms with E-state index in [1.165, 1.54) is 0 Å². The molecule has 1 fully saturated rings. The Morgan fingerprint density at radius 2 is 2.00 bits per heavy atom. The summed E-state index contributed by atoms with van der Waals surface area (Å²) in [6, 6.07) is 0. The molecular formula is C6H13ClFN. The molecule has 0 heterocycles. The van der Waals surface area contributed by atoms with Crippen LogP contribution in [0, 0.1) is 5.41 Å². The van der Waals surface area contributed by atoms with Gasteiger partial charge in [-0.15, -0.1) is 12.4 Å². The van der Waals surface area contributed by atoms with Crippen molar-refractivity contribution in [3.8, 4) is 0 Å². The van der Waals surface area contributed by atoms with Crippen molar-refractivity contribution in [1.29, 1.82) is 0 Å². The maximum absolute atomic E-state index is 11.7. The number of alkyl halides is 1. The van der Waals surface area contributed by atoms with Crippen LogP contribution in [0.4, 0.5) is 4.39 Å². The Morgan fingerprint density at radius 3 is 2.11 bits per heavy atom. The second-order valence-corrected chi connectivity index (χ2v) is 2.64. The molecule has 0 aromatic rings. The van der Waals surface area contributed by atoms with Gasteiger partial charge in [0.2, 0.25) is 0 Å². The van der Waals surface area contributed by atoms with E-state index in [1.807, 2.05) is 0 Å². The third-order valence-electron chi connectivity index (χ3n) is 2.01. The van der Waals surface area contributed by atoms with Gasteiger partial charge in [0.25, 0.3) is 0 Å². The van der Waals surface area contributed by atoms with Crippen molar-refractivity contribution in [2.45, 2.75) is 19.3 Å². The zero-order valence-corrected chi connectivity index (χ0v) is 6.22. The van der Waals surface area contributed by atoms with Crippen molar-refractivity contribution in [2.24, 2.45) is 11.1 Å². The lowest BCUT2D eigenvalue weighted by atomic mass is 10.0. The Labute approximate surface area is 61.2 Å². The molecule has 56 valence electrons. The number of hydrogen-bond acceptors (Lipinski definition) is 1. The Morgan fingerprint density at radius 1 is 1.44 bits per heavy atom. The minimum absolute atomic E-state index is 0. The molecule has 0 aromatic carbocycles. The van der Waals surface area contributed by atoms with Gasteiger partial charge in [-0.3, -0.25) is 4.39 Å². The van der Waals surface area contributed by atoms with Gasteiger partial charge in [0.1, 0.15) is 0 Å². The minimum Gasteiger partial charge on any atom is -0.330 e. The first-order valence-corrected chi connectivity index (χ1v) is 3.09. The van der Waals surface area contributed by atoms with Crippen LogP contribution in [0.15, 0.2) is 0 Å². The number of hydrogen-bond donors (Lipinski definition) is 1. The van der Waals surface area contributed by atoms with Crippen LogP contribution in [0.3, 0.4) is 0 Å². The molecule has 1 aliphatic carbocycles. The zero-order chi connectivity index (χ0) is 6.04. The highest BCUT2D eigenvalue weighted by Crippen LogP contribution is 2.47. The van der Waals surface area contributed by atoms with Crippen molar-refractivity contribution in [3.63, 3.8) is 0 Å². The predicted octanol–water partition coefficient (Wildman–Crippen LogP) is 1.51. The summed E-state index contributed by atoms with van der Waals surface area (Å²) in [7, 11) is 0. The highest BCUT2D eigenvalue weighted by atomic mass is 35.5. The highest BCUT2D eigenvalue weighted by Gasteiger charge is 2.40. The molecular weight excluding hydrogens is 141 g/mol. The largest absolute Gasteiger partial charge is 0.330 e. The van der Waals surface area contributed by atoms with E-state index in [0.717, 1.165) is 12.8 Å². The molecule has 0 spiro atoms. The quantitative estimate of drug-likeness (QED) is 0.654. The van der Waals surface area contributed by atoms with Gasteiger partial charge >= 0.3 is 0 Å². The third kappa shape index (κ3) is 2.11. The summed E-state index contributed by atoms with van der Waals surface area (Å²) < 4.78 is 11.7. The smallest absolute Gasteiger partial charge is 0.0900 e. The molecule has 9 heavy (non-hydrogen) atoms. The van der Waals surface area contributed by atoms with Gasteiger partial charge in [0.15, 0.2) is 0 Å². The van der Waals surface area contributed by atoms with Gasteiger partial charge < -0.3 is 5.73 Å². The maximum atomic E-state index is 11.7. The number of halogens is 2. The molecule has 0 saturated heterocycles. The van der Waals surface area contributed by atoms with E-state index in [-0.39, 0.29) is 24.5 Å². The van der Waals surface area contributed by atoms with Crippen LogP contribution < -0.4 is 5.73 Å². The van der Waals surface area contributed by atoms with Crippen molar-refractivity contribution >= 4 is 12.4 Å². The van der Waals surface area contributed by atoms with Crippen molar-refractivity contribution in [1.82, 2.24) is 0 Å². The van der Waals surface area contributed by atoms with Crippen molar-refractivity contribution in [2.75, 3.05) is 13.2 Å². The van der Waals surface area contributed by atoms with Gasteiger partial charge in [0, 0.05) is 0 Å². The molecule has 1 aliphatic rings. The maximum Gasteiger partial charge on any atom is 0.0900 e. The molecule has 0 radical (unpaired) electrons.